The van der Waals surface area contributed by atoms with Crippen molar-refractivity contribution in [2.24, 2.45) is 23.3 Å². The van der Waals surface area contributed by atoms with Gasteiger partial charge in [-0.05, 0) is 63.3 Å². The molecule has 2 fully saturated rings. The van der Waals surface area contributed by atoms with E-state index >= 15 is 0 Å². The predicted octanol–water partition coefficient (Wildman–Crippen LogP) is -2.17. The molecule has 19 heteroatoms. The summed E-state index contributed by atoms with van der Waals surface area (Å²) in [6.45, 7) is 8.42. The van der Waals surface area contributed by atoms with Crippen molar-refractivity contribution in [1.29, 1.82) is 0 Å². The van der Waals surface area contributed by atoms with Crippen LogP contribution in [0, 0.1) is 11.8 Å². The molecule has 0 radical (unpaired) electrons. The second kappa shape index (κ2) is 21.8. The van der Waals surface area contributed by atoms with Gasteiger partial charge >= 0.3 is 5.97 Å². The first-order chi connectivity index (χ1) is 25.4. The van der Waals surface area contributed by atoms with Gasteiger partial charge in [-0.1, -0.05) is 34.1 Å². The lowest BCUT2D eigenvalue weighted by molar-refractivity contribution is -0.151. The van der Waals surface area contributed by atoms with E-state index in [1.165, 1.54) is 9.80 Å². The fourth-order valence-electron chi connectivity index (χ4n) is 6.60. The normalized spacial score (nSPS) is 19.5. The highest BCUT2D eigenvalue weighted by Gasteiger charge is 2.42. The fourth-order valence-corrected chi connectivity index (χ4v) is 6.60. The molecule has 8 amide bonds. The summed E-state index contributed by atoms with van der Waals surface area (Å²) in [5.41, 5.74) is 10.9. The molecule has 0 aromatic carbocycles. The van der Waals surface area contributed by atoms with Gasteiger partial charge in [0.05, 0.1) is 13.0 Å². The van der Waals surface area contributed by atoms with Crippen LogP contribution >= 0.6 is 0 Å². The van der Waals surface area contributed by atoms with Crippen molar-refractivity contribution >= 4 is 53.2 Å². The average Bonchev–Trinajstić information content (AvgIpc) is 3.81. The SMILES string of the molecule is CCC(C)C(NC(=O)C(NC(=O)C(CC(N)=O)NC(C)=O)C(C)C)C(=O)NC(CCCCN)C(=O)NCC(=O)N1CCCC1C(=O)N1CCCC1C(=O)O. The zero-order valence-electron chi connectivity index (χ0n) is 32.0. The first-order valence-electron chi connectivity index (χ1n) is 18.7. The number of carboxylic acid groups (broad SMARTS) is 1. The molecule has 2 heterocycles. The molecular weight excluding hydrogens is 706 g/mol. The number of aliphatic carboxylic acids is 1. The molecule has 0 bridgehead atoms. The van der Waals surface area contributed by atoms with Crippen molar-refractivity contribution in [3.05, 3.63) is 0 Å². The monoisotopic (exact) mass is 765 g/mol. The number of nitrogens with one attached hydrogen (secondary N) is 5. The maximum Gasteiger partial charge on any atom is 0.326 e. The summed E-state index contributed by atoms with van der Waals surface area (Å²) in [5, 5.41) is 22.4. The Morgan fingerprint density at radius 2 is 1.35 bits per heavy atom. The van der Waals surface area contributed by atoms with Gasteiger partial charge in [-0.25, -0.2) is 4.79 Å². The number of carbonyl (C=O) groups is 9. The zero-order chi connectivity index (χ0) is 40.7. The Labute approximate surface area is 315 Å². The summed E-state index contributed by atoms with van der Waals surface area (Å²) < 4.78 is 0. The largest absolute Gasteiger partial charge is 0.480 e. The second-order valence-electron chi connectivity index (χ2n) is 14.4. The van der Waals surface area contributed by atoms with E-state index in [0.29, 0.717) is 51.5 Å². The lowest BCUT2D eigenvalue weighted by Gasteiger charge is -2.31. The van der Waals surface area contributed by atoms with E-state index in [4.69, 9.17) is 11.5 Å². The van der Waals surface area contributed by atoms with E-state index in [9.17, 15) is 48.3 Å². The van der Waals surface area contributed by atoms with Crippen LogP contribution < -0.4 is 38.1 Å². The summed E-state index contributed by atoms with van der Waals surface area (Å²) in [6.07, 6.45) is 2.89. The molecule has 2 aliphatic heterocycles. The molecular formula is C35H59N9O10. The summed E-state index contributed by atoms with van der Waals surface area (Å²) in [4.78, 5) is 118. The van der Waals surface area contributed by atoms with Gasteiger partial charge in [0.15, 0.2) is 0 Å². The highest BCUT2D eigenvalue weighted by atomic mass is 16.4. The van der Waals surface area contributed by atoms with Gasteiger partial charge in [-0.3, -0.25) is 38.4 Å². The van der Waals surface area contributed by atoms with E-state index in [1.807, 2.05) is 0 Å². The molecule has 2 rings (SSSR count). The molecule has 304 valence electrons. The van der Waals surface area contributed by atoms with Crippen LogP contribution in [-0.2, 0) is 43.2 Å². The van der Waals surface area contributed by atoms with Gasteiger partial charge in [0.25, 0.3) is 0 Å². The molecule has 19 nitrogen and oxygen atoms in total. The number of carboxylic acids is 1. The smallest absolute Gasteiger partial charge is 0.326 e. The van der Waals surface area contributed by atoms with Crippen molar-refractivity contribution in [1.82, 2.24) is 36.4 Å². The number of rotatable bonds is 21. The highest BCUT2D eigenvalue weighted by molar-refractivity contribution is 5.97. The van der Waals surface area contributed by atoms with E-state index in [0.717, 1.165) is 6.92 Å². The van der Waals surface area contributed by atoms with Crippen LogP contribution in [-0.4, -0.2) is 131 Å². The maximum absolute atomic E-state index is 13.8. The van der Waals surface area contributed by atoms with Gasteiger partial charge in [0.1, 0.15) is 36.3 Å². The first kappa shape index (κ1) is 45.3. The summed E-state index contributed by atoms with van der Waals surface area (Å²) >= 11 is 0. The Bertz CT molecular complexity index is 1380. The number of unbranched alkanes of at least 4 members (excludes halogenated alkanes) is 1. The first-order valence-corrected chi connectivity index (χ1v) is 18.7. The Hall–Kier alpha value is -4.81. The third-order valence-corrected chi connectivity index (χ3v) is 9.81. The zero-order valence-corrected chi connectivity index (χ0v) is 32.0. The maximum atomic E-state index is 13.8. The molecule has 2 aliphatic rings. The molecule has 0 saturated carbocycles. The number of primary amides is 1. The Morgan fingerprint density at radius 1 is 0.759 bits per heavy atom. The topological polar surface area (TPSA) is 293 Å². The number of hydrogen-bond acceptors (Lipinski definition) is 10. The minimum Gasteiger partial charge on any atom is -0.480 e. The number of amides is 8. The second-order valence-corrected chi connectivity index (χ2v) is 14.4. The standard InChI is InChI=1S/C35H59N9O10/c1-6-20(4)29(42-32(50)28(19(2)3)41-31(49)23(17-26(37)46)39-21(5)45)33(51)40-22(11-7-8-14-36)30(48)38-18-27(47)43-15-9-12-24(43)34(52)44-16-10-13-25(44)35(53)54/h19-20,22-25,28-29H,6-18,36H2,1-5H3,(H2,37,46)(H,38,48)(H,39,45)(H,40,51)(H,41,49)(H,42,50)(H,53,54). The van der Waals surface area contributed by atoms with E-state index < -0.39 is 114 Å². The average molecular weight is 766 g/mol. The lowest BCUT2D eigenvalue weighted by atomic mass is 9.95. The van der Waals surface area contributed by atoms with Crippen molar-refractivity contribution < 1.29 is 48.3 Å². The molecule has 0 aromatic heterocycles. The van der Waals surface area contributed by atoms with Crippen molar-refractivity contribution in [3.8, 4) is 0 Å². The van der Waals surface area contributed by atoms with Gasteiger partial charge < -0.3 is 53.0 Å². The number of carbonyl (C=O) groups excluding carboxylic acids is 8. The molecule has 10 N–H and O–H groups in total. The molecule has 0 spiro atoms. The minimum atomic E-state index is -1.33. The van der Waals surface area contributed by atoms with Gasteiger partial charge in [-0.15, -0.1) is 0 Å². The van der Waals surface area contributed by atoms with E-state index in [-0.39, 0.29) is 19.5 Å². The quantitative estimate of drug-likeness (QED) is 0.0582. The Balaban J connectivity index is 2.17. The Morgan fingerprint density at radius 3 is 1.91 bits per heavy atom. The summed E-state index contributed by atoms with van der Waals surface area (Å²) in [5.74, 6) is -7.30. The molecule has 7 atom stereocenters. The molecule has 0 aromatic rings. The number of likely N-dealkylation sites (tertiary alicyclic amines) is 2. The summed E-state index contributed by atoms with van der Waals surface area (Å²) in [6, 6.07) is -6.56. The number of nitrogens with two attached hydrogens (primary N) is 2. The lowest BCUT2D eigenvalue weighted by Crippen LogP contribution is -2.61. The summed E-state index contributed by atoms with van der Waals surface area (Å²) in [7, 11) is 0. The van der Waals surface area contributed by atoms with Crippen LogP contribution in [0.25, 0.3) is 0 Å². The molecule has 54 heavy (non-hydrogen) atoms. The fraction of sp³-hybridized carbons (Fsp3) is 0.743. The van der Waals surface area contributed by atoms with E-state index in [1.54, 1.807) is 27.7 Å². The van der Waals surface area contributed by atoms with Gasteiger partial charge in [0, 0.05) is 20.0 Å². The predicted molar refractivity (Wildman–Crippen MR) is 195 cm³/mol. The van der Waals surface area contributed by atoms with Crippen molar-refractivity contribution in [2.75, 3.05) is 26.2 Å². The highest BCUT2D eigenvalue weighted by Crippen LogP contribution is 2.25. The molecule has 2 saturated heterocycles. The van der Waals surface area contributed by atoms with Crippen LogP contribution in [0.4, 0.5) is 0 Å². The Kier molecular flexibility index (Phi) is 18.3. The molecule has 7 unspecified atom stereocenters. The van der Waals surface area contributed by atoms with E-state index in [2.05, 4.69) is 26.6 Å². The minimum absolute atomic E-state index is 0.162. The molecule has 0 aliphatic carbocycles. The van der Waals surface area contributed by atoms with Gasteiger partial charge in [0.2, 0.25) is 47.3 Å². The van der Waals surface area contributed by atoms with Crippen LogP contribution in [0.1, 0.15) is 92.4 Å². The number of nitrogens with zero attached hydrogens (tertiary/aromatic N) is 2. The van der Waals surface area contributed by atoms with Crippen molar-refractivity contribution in [2.45, 2.75) is 129 Å². The third kappa shape index (κ3) is 13.2. The third-order valence-electron chi connectivity index (χ3n) is 9.81. The van der Waals surface area contributed by atoms with Crippen LogP contribution in [0.5, 0.6) is 0 Å². The number of hydrogen-bond donors (Lipinski definition) is 8. The van der Waals surface area contributed by atoms with Gasteiger partial charge in [-0.2, -0.15) is 0 Å². The van der Waals surface area contributed by atoms with Crippen molar-refractivity contribution in [3.63, 3.8) is 0 Å². The van der Waals surface area contributed by atoms with Crippen LogP contribution in [0.3, 0.4) is 0 Å². The van der Waals surface area contributed by atoms with Crippen LogP contribution in [0.2, 0.25) is 0 Å². The van der Waals surface area contributed by atoms with Crippen LogP contribution in [0.15, 0.2) is 0 Å².